The molecule has 7 nitrogen and oxygen atoms in total. The topological polar surface area (TPSA) is 70.5 Å². The first kappa shape index (κ1) is 38.3. The van der Waals surface area contributed by atoms with Gasteiger partial charge in [0.1, 0.15) is 17.5 Å². The zero-order chi connectivity index (χ0) is 43.3. The Morgan fingerprint density at radius 1 is 0.277 bits per heavy atom. The Labute approximate surface area is 375 Å². The largest absolute Gasteiger partial charge is 0.309 e. The lowest BCUT2D eigenvalue weighted by Gasteiger charge is -2.21. The molecule has 0 fully saturated rings. The maximum absolute atomic E-state index is 16.4. The van der Waals surface area contributed by atoms with E-state index in [-0.39, 0.29) is 0 Å². The van der Waals surface area contributed by atoms with E-state index in [1.807, 2.05) is 146 Å². The molecule has 12 rings (SSSR count). The van der Waals surface area contributed by atoms with Crippen LogP contribution in [0.15, 0.2) is 237 Å². The number of benzene rings is 9. The van der Waals surface area contributed by atoms with Gasteiger partial charge in [-0.15, -0.1) is 0 Å². The highest BCUT2D eigenvalue weighted by Crippen LogP contribution is 2.44. The van der Waals surface area contributed by atoms with Gasteiger partial charge in [-0.05, 0) is 72.8 Å². The molecule has 0 saturated carbocycles. The second kappa shape index (κ2) is 15.8. The summed E-state index contributed by atoms with van der Waals surface area (Å²) in [5.41, 5.74) is 11.6. The third-order valence-corrected chi connectivity index (χ3v) is 15.3. The summed E-state index contributed by atoms with van der Waals surface area (Å²) in [5, 5.41) is 2.16. The Kier molecular flexibility index (Phi) is 9.29. The molecule has 3 aromatic heterocycles. The number of hydrogen-bond acceptors (Lipinski definition) is 4. The molecule has 3 heterocycles. The fourth-order valence-electron chi connectivity index (χ4n) is 9.08. The van der Waals surface area contributed by atoms with E-state index < -0.39 is 7.14 Å². The molecule has 0 spiro atoms. The SMILES string of the molecule is O=P(c1ccc(-c2nc3ccccc3n2-c2ccccc2)cc1)(c1ccc(-c2nc3ccccc3n2-c2ccccc2)cc1)c1ccc(-c2nc3ccccc3n2-c2ccccc2)cc1. The molecule has 0 N–H and O–H groups in total. The molecule has 9 aromatic carbocycles. The summed E-state index contributed by atoms with van der Waals surface area (Å²) >= 11 is 0. The third-order valence-electron chi connectivity index (χ3n) is 12.2. The summed E-state index contributed by atoms with van der Waals surface area (Å²) in [6.07, 6.45) is 0. The van der Waals surface area contributed by atoms with E-state index in [0.717, 1.165) is 100 Å². The zero-order valence-corrected chi connectivity index (χ0v) is 35.9. The van der Waals surface area contributed by atoms with Gasteiger partial charge < -0.3 is 4.57 Å². The molecule has 308 valence electrons. The van der Waals surface area contributed by atoms with E-state index in [1.54, 1.807) is 0 Å². The van der Waals surface area contributed by atoms with Crippen molar-refractivity contribution in [2.24, 2.45) is 0 Å². The molecule has 0 aliphatic carbocycles. The van der Waals surface area contributed by atoms with Crippen molar-refractivity contribution in [3.05, 3.63) is 237 Å². The summed E-state index contributed by atoms with van der Waals surface area (Å²) in [5.74, 6) is 2.44. The molecular weight excluding hydrogens is 816 g/mol. The normalized spacial score (nSPS) is 11.8. The van der Waals surface area contributed by atoms with E-state index in [9.17, 15) is 0 Å². The quantitative estimate of drug-likeness (QED) is 0.136. The second-order valence-electron chi connectivity index (χ2n) is 16.0. The van der Waals surface area contributed by atoms with Crippen LogP contribution in [0.25, 0.3) is 84.3 Å². The number of imidazole rings is 3. The van der Waals surface area contributed by atoms with Crippen LogP contribution < -0.4 is 15.9 Å². The highest BCUT2D eigenvalue weighted by molar-refractivity contribution is 7.85. The summed E-state index contributed by atoms with van der Waals surface area (Å²) < 4.78 is 22.9. The van der Waals surface area contributed by atoms with Gasteiger partial charge in [0.05, 0.1) is 33.1 Å². The minimum absolute atomic E-state index is 0.720. The standard InChI is InChI=1S/C57H39N6OP/c64-65(46-34-28-40(29-35-46)55-58-49-22-10-13-25-52(49)61(55)43-16-4-1-5-17-43,47-36-30-41(31-37-47)56-59-50-23-11-14-26-53(50)62(56)44-18-6-2-7-19-44)48-38-32-42(33-39-48)57-60-51-24-12-15-27-54(51)63(57)45-20-8-3-9-21-45/h1-39H. The third kappa shape index (κ3) is 6.52. The van der Waals surface area contributed by atoms with E-state index in [0.29, 0.717) is 0 Å². The van der Waals surface area contributed by atoms with Crippen LogP contribution in [0.3, 0.4) is 0 Å². The van der Waals surface area contributed by atoms with Crippen molar-refractivity contribution in [3.63, 3.8) is 0 Å². The molecule has 0 amide bonds. The first-order chi connectivity index (χ1) is 32.1. The van der Waals surface area contributed by atoms with Crippen LogP contribution in [-0.4, -0.2) is 28.7 Å². The first-order valence-electron chi connectivity index (χ1n) is 21.6. The summed E-state index contributed by atoms with van der Waals surface area (Å²) in [4.78, 5) is 15.3. The van der Waals surface area contributed by atoms with Gasteiger partial charge in [0.2, 0.25) is 0 Å². The zero-order valence-electron chi connectivity index (χ0n) is 35.1. The van der Waals surface area contributed by atoms with E-state index >= 15 is 4.57 Å². The summed E-state index contributed by atoms with van der Waals surface area (Å²) in [6.45, 7) is 0. The number of nitrogens with zero attached hydrogens (tertiary/aromatic N) is 6. The maximum Gasteiger partial charge on any atom is 0.171 e. The Balaban J connectivity index is 0.995. The molecule has 0 aliphatic heterocycles. The number of fused-ring (bicyclic) bond motifs is 3. The van der Waals surface area contributed by atoms with Crippen molar-refractivity contribution in [3.8, 4) is 51.2 Å². The molecule has 65 heavy (non-hydrogen) atoms. The predicted octanol–water partition coefficient (Wildman–Crippen LogP) is 12.3. The monoisotopic (exact) mass is 854 g/mol. The number of para-hydroxylation sites is 9. The molecule has 0 atom stereocenters. The Morgan fingerprint density at radius 2 is 0.523 bits per heavy atom. The average molecular weight is 855 g/mol. The molecule has 0 bridgehead atoms. The van der Waals surface area contributed by atoms with Crippen molar-refractivity contribution in [1.29, 1.82) is 0 Å². The highest BCUT2D eigenvalue weighted by atomic mass is 31.2. The molecule has 0 saturated heterocycles. The maximum atomic E-state index is 16.4. The van der Waals surface area contributed by atoms with E-state index in [1.165, 1.54) is 0 Å². The lowest BCUT2D eigenvalue weighted by atomic mass is 10.2. The van der Waals surface area contributed by atoms with Gasteiger partial charge >= 0.3 is 0 Å². The van der Waals surface area contributed by atoms with Crippen molar-refractivity contribution in [2.75, 3.05) is 0 Å². The highest BCUT2D eigenvalue weighted by Gasteiger charge is 2.31. The van der Waals surface area contributed by atoms with Gasteiger partial charge in [-0.2, -0.15) is 0 Å². The number of hydrogen-bond donors (Lipinski definition) is 0. The Morgan fingerprint density at radius 3 is 0.800 bits per heavy atom. The van der Waals surface area contributed by atoms with Crippen LogP contribution in [0.1, 0.15) is 0 Å². The number of rotatable bonds is 9. The predicted molar refractivity (Wildman–Crippen MR) is 266 cm³/mol. The molecular formula is C57H39N6OP. The van der Waals surface area contributed by atoms with Crippen LogP contribution in [0.2, 0.25) is 0 Å². The summed E-state index contributed by atoms with van der Waals surface area (Å²) in [7, 11) is -3.49. The van der Waals surface area contributed by atoms with Crippen LogP contribution in [0.4, 0.5) is 0 Å². The average Bonchev–Trinajstić information content (AvgIpc) is 4.10. The van der Waals surface area contributed by atoms with Crippen molar-refractivity contribution in [2.45, 2.75) is 0 Å². The van der Waals surface area contributed by atoms with Crippen molar-refractivity contribution >= 4 is 56.2 Å². The lowest BCUT2D eigenvalue weighted by molar-refractivity contribution is 0.592. The van der Waals surface area contributed by atoms with Gasteiger partial charge in [0.25, 0.3) is 0 Å². The van der Waals surface area contributed by atoms with Crippen LogP contribution in [-0.2, 0) is 4.57 Å². The van der Waals surface area contributed by atoms with Gasteiger partial charge in [-0.25, -0.2) is 15.0 Å². The van der Waals surface area contributed by atoms with Crippen molar-refractivity contribution < 1.29 is 4.57 Å². The van der Waals surface area contributed by atoms with Gasteiger partial charge in [0.15, 0.2) is 7.14 Å². The molecule has 0 unspecified atom stereocenters. The van der Waals surface area contributed by atoms with Gasteiger partial charge in [0, 0.05) is 49.7 Å². The minimum Gasteiger partial charge on any atom is -0.309 e. The fraction of sp³-hybridized carbons (Fsp3) is 0. The van der Waals surface area contributed by atoms with Crippen LogP contribution >= 0.6 is 7.14 Å². The van der Waals surface area contributed by atoms with Gasteiger partial charge in [-0.1, -0.05) is 164 Å². The Hall–Kier alpha value is -8.38. The second-order valence-corrected chi connectivity index (χ2v) is 18.8. The van der Waals surface area contributed by atoms with Crippen LogP contribution in [0, 0.1) is 0 Å². The molecule has 8 heteroatoms. The van der Waals surface area contributed by atoms with Crippen LogP contribution in [0.5, 0.6) is 0 Å². The Bertz CT molecular complexity index is 3320. The minimum atomic E-state index is -3.49. The van der Waals surface area contributed by atoms with Crippen molar-refractivity contribution in [1.82, 2.24) is 28.7 Å². The smallest absolute Gasteiger partial charge is 0.171 e. The molecule has 12 aromatic rings. The molecule has 0 radical (unpaired) electrons. The fourth-order valence-corrected chi connectivity index (χ4v) is 11.7. The number of aromatic nitrogens is 6. The molecule has 0 aliphatic rings. The van der Waals surface area contributed by atoms with Gasteiger partial charge in [-0.3, -0.25) is 13.7 Å². The lowest BCUT2D eigenvalue weighted by Crippen LogP contribution is -2.25. The van der Waals surface area contributed by atoms with E-state index in [2.05, 4.69) is 105 Å². The first-order valence-corrected chi connectivity index (χ1v) is 23.3. The summed E-state index contributed by atoms with van der Waals surface area (Å²) in [6, 6.07) is 79.8. The van der Waals surface area contributed by atoms with E-state index in [4.69, 9.17) is 15.0 Å².